The quantitative estimate of drug-likeness (QED) is 0.484. The van der Waals surface area contributed by atoms with Gasteiger partial charge in [0.25, 0.3) is 5.91 Å². The molecule has 1 fully saturated rings. The summed E-state index contributed by atoms with van der Waals surface area (Å²) < 4.78 is 5.14. The third-order valence-electron chi connectivity index (χ3n) is 4.37. The number of hydrogen-bond donors (Lipinski definition) is 0. The summed E-state index contributed by atoms with van der Waals surface area (Å²) in [5.74, 6) is 1.79. The van der Waals surface area contributed by atoms with Crippen molar-refractivity contribution in [3.8, 4) is 0 Å². The Hall–Kier alpha value is -1.63. The standard InChI is InChI=1S/C21H22ClNO3S2/c1-2-26-21(25)19-14-27-12-11-23(19)20(24)16-5-3-15(4-6-16)13-28-18-9-7-17(22)8-10-18/h3-10,19H,2,11-14H2,1H3. The number of hydrogen-bond acceptors (Lipinski definition) is 5. The van der Waals surface area contributed by atoms with Gasteiger partial charge in [-0.3, -0.25) is 4.79 Å². The van der Waals surface area contributed by atoms with Crippen molar-refractivity contribution >= 4 is 47.0 Å². The molecule has 148 valence electrons. The fourth-order valence-electron chi connectivity index (χ4n) is 2.89. The van der Waals surface area contributed by atoms with E-state index in [1.807, 2.05) is 48.5 Å². The van der Waals surface area contributed by atoms with Gasteiger partial charge in [-0.25, -0.2) is 4.79 Å². The molecular weight excluding hydrogens is 414 g/mol. The predicted octanol–water partition coefficient (Wildman–Crippen LogP) is 4.75. The van der Waals surface area contributed by atoms with E-state index in [0.29, 0.717) is 24.5 Å². The molecule has 2 aromatic carbocycles. The third-order valence-corrected chi connectivity index (χ3v) is 6.73. The Bertz CT molecular complexity index is 811. The number of thioether (sulfide) groups is 2. The molecule has 0 saturated carbocycles. The van der Waals surface area contributed by atoms with Gasteiger partial charge in [0, 0.05) is 39.3 Å². The van der Waals surface area contributed by atoms with Crippen LogP contribution in [0.2, 0.25) is 5.02 Å². The first kappa shape index (κ1) is 21.1. The molecule has 0 aliphatic carbocycles. The number of benzene rings is 2. The van der Waals surface area contributed by atoms with Crippen LogP contribution in [0.15, 0.2) is 53.4 Å². The van der Waals surface area contributed by atoms with Gasteiger partial charge in [0.1, 0.15) is 6.04 Å². The van der Waals surface area contributed by atoms with Gasteiger partial charge >= 0.3 is 5.97 Å². The summed E-state index contributed by atoms with van der Waals surface area (Å²) in [4.78, 5) is 27.9. The Labute approximate surface area is 179 Å². The van der Waals surface area contributed by atoms with Gasteiger partial charge in [0.15, 0.2) is 0 Å². The van der Waals surface area contributed by atoms with Crippen LogP contribution in [-0.2, 0) is 15.3 Å². The molecule has 2 aromatic rings. The van der Waals surface area contributed by atoms with Crippen molar-refractivity contribution < 1.29 is 14.3 Å². The summed E-state index contributed by atoms with van der Waals surface area (Å²) in [5.41, 5.74) is 1.73. The zero-order chi connectivity index (χ0) is 19.9. The Morgan fingerprint density at radius 3 is 2.57 bits per heavy atom. The van der Waals surface area contributed by atoms with Crippen LogP contribution >= 0.6 is 35.1 Å². The van der Waals surface area contributed by atoms with Gasteiger partial charge in [0.2, 0.25) is 0 Å². The molecule has 1 amide bonds. The second kappa shape index (κ2) is 10.2. The van der Waals surface area contributed by atoms with E-state index in [-0.39, 0.29) is 11.9 Å². The fourth-order valence-corrected chi connectivity index (χ4v) is 4.90. The number of halogens is 1. The number of rotatable bonds is 6. The molecule has 0 N–H and O–H groups in total. The highest BCUT2D eigenvalue weighted by molar-refractivity contribution is 7.99. The van der Waals surface area contributed by atoms with Crippen molar-refractivity contribution in [3.05, 3.63) is 64.7 Å². The SMILES string of the molecule is CCOC(=O)C1CSCCN1C(=O)c1ccc(CSc2ccc(Cl)cc2)cc1. The summed E-state index contributed by atoms with van der Waals surface area (Å²) in [6.07, 6.45) is 0. The van der Waals surface area contributed by atoms with E-state index in [9.17, 15) is 9.59 Å². The summed E-state index contributed by atoms with van der Waals surface area (Å²) >= 11 is 9.30. The molecule has 1 aliphatic rings. The van der Waals surface area contributed by atoms with E-state index in [1.165, 1.54) is 0 Å². The Kier molecular flexibility index (Phi) is 7.71. The number of ether oxygens (including phenoxy) is 1. The Morgan fingerprint density at radius 1 is 1.18 bits per heavy atom. The lowest BCUT2D eigenvalue weighted by Crippen LogP contribution is -2.51. The lowest BCUT2D eigenvalue weighted by Gasteiger charge is -2.33. The molecule has 1 unspecified atom stereocenters. The lowest BCUT2D eigenvalue weighted by atomic mass is 10.1. The molecule has 3 rings (SSSR count). The molecule has 1 heterocycles. The van der Waals surface area contributed by atoms with Gasteiger partial charge in [-0.15, -0.1) is 11.8 Å². The van der Waals surface area contributed by atoms with Crippen molar-refractivity contribution in [2.75, 3.05) is 24.7 Å². The minimum atomic E-state index is -0.508. The Morgan fingerprint density at radius 2 is 1.89 bits per heavy atom. The van der Waals surface area contributed by atoms with Crippen LogP contribution in [0.4, 0.5) is 0 Å². The maximum atomic E-state index is 12.9. The van der Waals surface area contributed by atoms with Crippen LogP contribution in [0.3, 0.4) is 0 Å². The molecule has 0 aromatic heterocycles. The minimum absolute atomic E-state index is 0.116. The van der Waals surface area contributed by atoms with Crippen molar-refractivity contribution in [1.29, 1.82) is 0 Å². The second-order valence-corrected chi connectivity index (χ2v) is 8.92. The van der Waals surface area contributed by atoms with Crippen LogP contribution in [-0.4, -0.2) is 47.5 Å². The largest absolute Gasteiger partial charge is 0.464 e. The number of amides is 1. The van der Waals surface area contributed by atoms with Crippen molar-refractivity contribution in [3.63, 3.8) is 0 Å². The highest BCUT2D eigenvalue weighted by Gasteiger charge is 2.33. The first-order valence-electron chi connectivity index (χ1n) is 9.11. The molecule has 0 radical (unpaired) electrons. The number of nitrogens with zero attached hydrogens (tertiary/aromatic N) is 1. The topological polar surface area (TPSA) is 46.6 Å². The van der Waals surface area contributed by atoms with Gasteiger partial charge in [-0.1, -0.05) is 23.7 Å². The maximum absolute atomic E-state index is 12.9. The number of carbonyl (C=O) groups is 2. The molecule has 28 heavy (non-hydrogen) atoms. The van der Waals surface area contributed by atoms with Crippen LogP contribution in [0.1, 0.15) is 22.8 Å². The van der Waals surface area contributed by atoms with Crippen LogP contribution in [0.25, 0.3) is 0 Å². The van der Waals surface area contributed by atoms with E-state index < -0.39 is 6.04 Å². The van der Waals surface area contributed by atoms with Gasteiger partial charge in [-0.2, -0.15) is 11.8 Å². The normalized spacial score (nSPS) is 16.6. The van der Waals surface area contributed by atoms with E-state index in [1.54, 1.807) is 35.3 Å². The zero-order valence-corrected chi connectivity index (χ0v) is 18.0. The molecule has 4 nitrogen and oxygen atoms in total. The smallest absolute Gasteiger partial charge is 0.329 e. The van der Waals surface area contributed by atoms with Crippen LogP contribution in [0, 0.1) is 0 Å². The van der Waals surface area contributed by atoms with E-state index >= 15 is 0 Å². The molecule has 0 spiro atoms. The molecule has 1 saturated heterocycles. The molecule has 1 atom stereocenters. The van der Waals surface area contributed by atoms with E-state index in [4.69, 9.17) is 16.3 Å². The van der Waals surface area contributed by atoms with Crippen LogP contribution < -0.4 is 0 Å². The number of carbonyl (C=O) groups excluding carboxylic acids is 2. The van der Waals surface area contributed by atoms with Crippen molar-refractivity contribution in [2.45, 2.75) is 23.6 Å². The number of esters is 1. The van der Waals surface area contributed by atoms with Gasteiger partial charge < -0.3 is 9.64 Å². The molecule has 1 aliphatic heterocycles. The average molecular weight is 436 g/mol. The molecular formula is C21H22ClNO3S2. The lowest BCUT2D eigenvalue weighted by molar-refractivity contribution is -0.147. The van der Waals surface area contributed by atoms with Gasteiger partial charge in [0.05, 0.1) is 6.61 Å². The summed E-state index contributed by atoms with van der Waals surface area (Å²) in [7, 11) is 0. The van der Waals surface area contributed by atoms with E-state index in [2.05, 4.69) is 0 Å². The van der Waals surface area contributed by atoms with E-state index in [0.717, 1.165) is 27.0 Å². The first-order chi connectivity index (χ1) is 13.6. The van der Waals surface area contributed by atoms with Crippen LogP contribution in [0.5, 0.6) is 0 Å². The summed E-state index contributed by atoms with van der Waals surface area (Å²) in [6, 6.07) is 14.8. The monoisotopic (exact) mass is 435 g/mol. The molecule has 7 heteroatoms. The summed E-state index contributed by atoms with van der Waals surface area (Å²) in [5, 5.41) is 0.726. The average Bonchev–Trinajstić information content (AvgIpc) is 2.73. The molecule has 0 bridgehead atoms. The zero-order valence-electron chi connectivity index (χ0n) is 15.6. The first-order valence-corrected chi connectivity index (χ1v) is 11.6. The minimum Gasteiger partial charge on any atom is -0.464 e. The highest BCUT2D eigenvalue weighted by atomic mass is 35.5. The third kappa shape index (κ3) is 5.46. The van der Waals surface area contributed by atoms with Gasteiger partial charge in [-0.05, 0) is 48.9 Å². The Balaban J connectivity index is 1.63. The second-order valence-electron chi connectivity index (χ2n) is 6.28. The maximum Gasteiger partial charge on any atom is 0.329 e. The highest BCUT2D eigenvalue weighted by Crippen LogP contribution is 2.25. The van der Waals surface area contributed by atoms with Crippen molar-refractivity contribution in [2.24, 2.45) is 0 Å². The van der Waals surface area contributed by atoms with Crippen molar-refractivity contribution in [1.82, 2.24) is 4.90 Å². The summed E-state index contributed by atoms with van der Waals surface area (Å²) in [6.45, 7) is 2.66. The fraction of sp³-hybridized carbons (Fsp3) is 0.333. The predicted molar refractivity (Wildman–Crippen MR) is 116 cm³/mol.